The van der Waals surface area contributed by atoms with E-state index in [1.807, 2.05) is 18.2 Å². The van der Waals surface area contributed by atoms with E-state index in [2.05, 4.69) is 32.9 Å². The second kappa shape index (κ2) is 9.65. The van der Waals surface area contributed by atoms with E-state index in [-0.39, 0.29) is 0 Å². The predicted octanol–water partition coefficient (Wildman–Crippen LogP) is 3.22. The summed E-state index contributed by atoms with van der Waals surface area (Å²) in [5, 5.41) is 0. The van der Waals surface area contributed by atoms with Gasteiger partial charge in [0.1, 0.15) is 23.9 Å². The molecule has 2 aliphatic rings. The number of para-hydroxylation sites is 2. The molecule has 158 valence electrons. The zero-order valence-electron chi connectivity index (χ0n) is 17.7. The fourth-order valence-electron chi connectivity index (χ4n) is 4.64. The van der Waals surface area contributed by atoms with Crippen molar-refractivity contribution in [2.24, 2.45) is 0 Å². The zero-order valence-corrected chi connectivity index (χ0v) is 17.7. The van der Waals surface area contributed by atoms with Crippen LogP contribution in [0.25, 0.3) is 0 Å². The van der Waals surface area contributed by atoms with E-state index >= 15 is 0 Å². The van der Waals surface area contributed by atoms with Gasteiger partial charge in [0.05, 0.1) is 19.3 Å². The van der Waals surface area contributed by atoms with Crippen LogP contribution >= 0.6 is 0 Å². The zero-order chi connectivity index (χ0) is 20.1. The maximum atomic E-state index is 5.89. The third kappa shape index (κ3) is 4.94. The van der Waals surface area contributed by atoms with E-state index in [4.69, 9.17) is 13.9 Å². The lowest BCUT2D eigenvalue weighted by Gasteiger charge is -2.44. The molecule has 0 radical (unpaired) electrons. The number of anilines is 1. The Morgan fingerprint density at radius 3 is 2.55 bits per heavy atom. The number of piperazine rings is 1. The number of ether oxygens (including phenoxy) is 2. The van der Waals surface area contributed by atoms with Crippen LogP contribution in [0.15, 0.2) is 40.8 Å². The van der Waals surface area contributed by atoms with Crippen molar-refractivity contribution in [1.29, 1.82) is 0 Å². The van der Waals surface area contributed by atoms with Crippen molar-refractivity contribution in [2.45, 2.75) is 32.0 Å². The van der Waals surface area contributed by atoms with Crippen molar-refractivity contribution in [1.82, 2.24) is 9.80 Å². The van der Waals surface area contributed by atoms with Gasteiger partial charge in [-0.2, -0.15) is 0 Å². The number of hydrogen-bond acceptors (Lipinski definition) is 6. The van der Waals surface area contributed by atoms with Crippen molar-refractivity contribution in [3.8, 4) is 5.75 Å². The van der Waals surface area contributed by atoms with Crippen molar-refractivity contribution in [3.05, 3.63) is 47.9 Å². The summed E-state index contributed by atoms with van der Waals surface area (Å²) in [4.78, 5) is 7.67. The van der Waals surface area contributed by atoms with Crippen LogP contribution in [0.5, 0.6) is 5.75 Å². The summed E-state index contributed by atoms with van der Waals surface area (Å²) >= 11 is 0. The van der Waals surface area contributed by atoms with Gasteiger partial charge in [0.25, 0.3) is 0 Å². The Hall–Kier alpha value is -2.02. The molecule has 2 saturated heterocycles. The van der Waals surface area contributed by atoms with E-state index in [9.17, 15) is 0 Å². The Kier molecular flexibility index (Phi) is 6.74. The van der Waals surface area contributed by atoms with Gasteiger partial charge in [-0.15, -0.1) is 0 Å². The maximum Gasteiger partial charge on any atom is 0.142 e. The van der Waals surface area contributed by atoms with Crippen LogP contribution in [-0.2, 0) is 17.9 Å². The van der Waals surface area contributed by atoms with Gasteiger partial charge in [0.2, 0.25) is 0 Å². The summed E-state index contributed by atoms with van der Waals surface area (Å²) in [7, 11) is 3.45. The maximum absolute atomic E-state index is 5.89. The lowest BCUT2D eigenvalue weighted by Crippen LogP contribution is -2.55. The molecule has 29 heavy (non-hydrogen) atoms. The minimum absolute atomic E-state index is 0.541. The van der Waals surface area contributed by atoms with Gasteiger partial charge in [-0.25, -0.2) is 0 Å². The molecule has 6 nitrogen and oxygen atoms in total. The number of benzene rings is 1. The van der Waals surface area contributed by atoms with Crippen LogP contribution in [0.4, 0.5) is 5.69 Å². The quantitative estimate of drug-likeness (QED) is 0.712. The molecule has 1 aromatic carbocycles. The lowest BCUT2D eigenvalue weighted by atomic mass is 10.0. The molecule has 0 aliphatic carbocycles. The molecule has 0 saturated carbocycles. The number of likely N-dealkylation sites (tertiary alicyclic amines) is 1. The van der Waals surface area contributed by atoms with E-state index < -0.39 is 0 Å². The molecule has 1 aromatic heterocycles. The average Bonchev–Trinajstić information content (AvgIpc) is 3.21. The normalized spacial score (nSPS) is 21.4. The van der Waals surface area contributed by atoms with E-state index in [1.165, 1.54) is 18.5 Å². The van der Waals surface area contributed by atoms with Gasteiger partial charge in [0.15, 0.2) is 0 Å². The number of furan rings is 1. The van der Waals surface area contributed by atoms with Gasteiger partial charge in [-0.3, -0.25) is 9.80 Å². The smallest absolute Gasteiger partial charge is 0.142 e. The van der Waals surface area contributed by atoms with Crippen LogP contribution < -0.4 is 9.64 Å². The second-order valence-electron chi connectivity index (χ2n) is 8.03. The monoisotopic (exact) mass is 399 g/mol. The summed E-state index contributed by atoms with van der Waals surface area (Å²) in [6.07, 6.45) is 2.54. The van der Waals surface area contributed by atoms with Crippen LogP contribution in [0, 0.1) is 0 Å². The van der Waals surface area contributed by atoms with Gasteiger partial charge >= 0.3 is 0 Å². The van der Waals surface area contributed by atoms with Gasteiger partial charge in [-0.1, -0.05) is 12.1 Å². The number of hydrogen-bond donors (Lipinski definition) is 0. The largest absolute Gasteiger partial charge is 0.495 e. The number of rotatable bonds is 7. The third-order valence-corrected chi connectivity index (χ3v) is 6.12. The molecule has 6 heteroatoms. The number of nitrogens with zero attached hydrogens (tertiary/aromatic N) is 3. The molecule has 2 aromatic rings. The van der Waals surface area contributed by atoms with Gasteiger partial charge in [-0.05, 0) is 43.7 Å². The Balaban J connectivity index is 1.30. The summed E-state index contributed by atoms with van der Waals surface area (Å²) in [6.45, 7) is 8.02. The average molecular weight is 400 g/mol. The van der Waals surface area contributed by atoms with Crippen LogP contribution in [0.1, 0.15) is 24.4 Å². The highest BCUT2D eigenvalue weighted by Crippen LogP contribution is 2.29. The topological polar surface area (TPSA) is 41.3 Å². The van der Waals surface area contributed by atoms with Crippen molar-refractivity contribution < 1.29 is 13.9 Å². The summed E-state index contributed by atoms with van der Waals surface area (Å²) in [5.41, 5.74) is 1.21. The highest BCUT2D eigenvalue weighted by atomic mass is 16.5. The Morgan fingerprint density at radius 1 is 0.966 bits per heavy atom. The van der Waals surface area contributed by atoms with Gasteiger partial charge in [0, 0.05) is 45.9 Å². The van der Waals surface area contributed by atoms with Gasteiger partial charge < -0.3 is 18.8 Å². The van der Waals surface area contributed by atoms with Crippen molar-refractivity contribution in [2.75, 3.05) is 58.4 Å². The molecule has 1 atom stereocenters. The fraction of sp³-hybridized carbons (Fsp3) is 0.565. The standard InChI is InChI=1S/C23H33N3O3/c1-27-18-21-10-9-20(29-21)17-24-11-5-6-19(16-24)25-12-14-26(15-13-25)22-7-3-4-8-23(22)28-2/h3-4,7-10,19H,5-6,11-18H2,1-2H3/t19-/m1/s1. The van der Waals surface area contributed by atoms with Crippen LogP contribution in [0.2, 0.25) is 0 Å². The number of methoxy groups -OCH3 is 2. The van der Waals surface area contributed by atoms with E-state index in [0.29, 0.717) is 12.6 Å². The minimum atomic E-state index is 0.541. The second-order valence-corrected chi connectivity index (χ2v) is 8.03. The minimum Gasteiger partial charge on any atom is -0.495 e. The molecule has 0 amide bonds. The first-order valence-corrected chi connectivity index (χ1v) is 10.7. The van der Waals surface area contributed by atoms with Crippen molar-refractivity contribution in [3.63, 3.8) is 0 Å². The first-order chi connectivity index (χ1) is 14.3. The van der Waals surface area contributed by atoms with E-state index in [0.717, 1.165) is 63.1 Å². The first-order valence-electron chi connectivity index (χ1n) is 10.7. The Labute approximate surface area is 174 Å². The molecule has 0 spiro atoms. The first kappa shape index (κ1) is 20.3. The molecule has 4 rings (SSSR count). The third-order valence-electron chi connectivity index (χ3n) is 6.12. The molecular formula is C23H33N3O3. The molecule has 0 unspecified atom stereocenters. The SMILES string of the molecule is COCc1ccc(CN2CCC[C@@H](N3CCN(c4ccccc4OC)CC3)C2)o1. The fourth-order valence-corrected chi connectivity index (χ4v) is 4.64. The Bertz CT molecular complexity index is 770. The predicted molar refractivity (Wildman–Crippen MR) is 115 cm³/mol. The highest BCUT2D eigenvalue weighted by molar-refractivity contribution is 5.58. The van der Waals surface area contributed by atoms with Crippen molar-refractivity contribution >= 4 is 5.69 Å². The summed E-state index contributed by atoms with van der Waals surface area (Å²) in [6, 6.07) is 13.1. The summed E-state index contributed by atoms with van der Waals surface area (Å²) < 4.78 is 16.6. The highest BCUT2D eigenvalue weighted by Gasteiger charge is 2.29. The molecule has 0 N–H and O–H groups in total. The molecule has 2 fully saturated rings. The summed E-state index contributed by atoms with van der Waals surface area (Å²) in [5.74, 6) is 2.92. The van der Waals surface area contributed by atoms with Crippen LogP contribution in [-0.4, -0.2) is 69.3 Å². The molecule has 0 bridgehead atoms. The lowest BCUT2D eigenvalue weighted by molar-refractivity contribution is 0.0837. The molecule has 2 aliphatic heterocycles. The molecular weight excluding hydrogens is 366 g/mol. The Morgan fingerprint density at radius 2 is 1.76 bits per heavy atom. The van der Waals surface area contributed by atoms with Crippen LogP contribution in [0.3, 0.4) is 0 Å². The molecule has 3 heterocycles. The van der Waals surface area contributed by atoms with E-state index in [1.54, 1.807) is 14.2 Å². The number of piperidine rings is 1.